The largest absolute Gasteiger partial charge is 0.364 e. The predicted molar refractivity (Wildman–Crippen MR) is 60.5 cm³/mol. The van der Waals surface area contributed by atoms with Gasteiger partial charge < -0.3 is 15.4 Å². The maximum atomic E-state index is 11.6. The molecule has 2 amide bonds. The molecule has 2 rings (SSSR count). The van der Waals surface area contributed by atoms with Crippen LogP contribution in [0.2, 0.25) is 0 Å². The summed E-state index contributed by atoms with van der Waals surface area (Å²) in [6.07, 6.45) is 1.12. The summed E-state index contributed by atoms with van der Waals surface area (Å²) in [5, 5.41) is 5.18. The van der Waals surface area contributed by atoms with Gasteiger partial charge in [-0.25, -0.2) is 4.98 Å². The van der Waals surface area contributed by atoms with Gasteiger partial charge in [-0.15, -0.1) is 0 Å². The lowest BCUT2D eigenvalue weighted by Crippen LogP contribution is -2.27. The molecular weight excluding hydrogens is 222 g/mol. The molecule has 6 nitrogen and oxygen atoms in total. The summed E-state index contributed by atoms with van der Waals surface area (Å²) >= 11 is 0. The zero-order chi connectivity index (χ0) is 12.3. The average Bonchev–Trinajstić information content (AvgIpc) is 2.35. The molecule has 0 radical (unpaired) electrons. The number of amides is 2. The maximum Gasteiger partial charge on any atom is 0.271 e. The first-order chi connectivity index (χ1) is 8.20. The molecule has 17 heavy (non-hydrogen) atoms. The lowest BCUT2D eigenvalue weighted by atomic mass is 10.1. The van der Waals surface area contributed by atoms with Crippen molar-refractivity contribution in [3.63, 3.8) is 0 Å². The van der Waals surface area contributed by atoms with Gasteiger partial charge in [-0.3, -0.25) is 9.59 Å². The van der Waals surface area contributed by atoms with Gasteiger partial charge in [0.15, 0.2) is 0 Å². The molecule has 2 heterocycles. The van der Waals surface area contributed by atoms with Gasteiger partial charge in [-0.1, -0.05) is 6.07 Å². The highest BCUT2D eigenvalue weighted by atomic mass is 16.5. The Morgan fingerprint density at radius 3 is 3.12 bits per heavy atom. The molecule has 0 unspecified atom stereocenters. The Labute approximate surface area is 98.4 Å². The minimum absolute atomic E-state index is 0.0700. The van der Waals surface area contributed by atoms with Crippen molar-refractivity contribution in [2.75, 3.05) is 19.2 Å². The molecule has 0 spiro atoms. The molecule has 0 atom stereocenters. The van der Waals surface area contributed by atoms with E-state index in [2.05, 4.69) is 15.6 Å². The van der Waals surface area contributed by atoms with Crippen LogP contribution in [0, 0.1) is 0 Å². The Hall–Kier alpha value is -1.95. The minimum Gasteiger partial charge on any atom is -0.364 e. The van der Waals surface area contributed by atoms with Crippen molar-refractivity contribution in [1.29, 1.82) is 0 Å². The monoisotopic (exact) mass is 235 g/mol. The molecule has 1 aromatic rings. The van der Waals surface area contributed by atoms with Gasteiger partial charge in [0, 0.05) is 13.5 Å². The van der Waals surface area contributed by atoms with Gasteiger partial charge in [0.2, 0.25) is 5.91 Å². The number of fused-ring (bicyclic) bond motifs is 1. The number of pyridine rings is 1. The van der Waals surface area contributed by atoms with E-state index in [4.69, 9.17) is 4.74 Å². The van der Waals surface area contributed by atoms with Gasteiger partial charge in [-0.05, 0) is 18.1 Å². The molecule has 1 aromatic heterocycles. The molecule has 0 saturated carbocycles. The maximum absolute atomic E-state index is 11.6. The number of rotatable bonds is 3. The smallest absolute Gasteiger partial charge is 0.271 e. The Balaban J connectivity index is 2.18. The Morgan fingerprint density at radius 1 is 1.53 bits per heavy atom. The Bertz CT molecular complexity index is 459. The second kappa shape index (κ2) is 4.92. The van der Waals surface area contributed by atoms with Gasteiger partial charge in [0.25, 0.3) is 5.91 Å². The summed E-state index contributed by atoms with van der Waals surface area (Å²) in [4.78, 5) is 26.9. The van der Waals surface area contributed by atoms with Crippen LogP contribution in [0.3, 0.4) is 0 Å². The number of carbonyl (C=O) groups is 2. The molecule has 2 N–H and O–H groups in total. The number of nitrogens with one attached hydrogen (secondary N) is 2. The second-order valence-corrected chi connectivity index (χ2v) is 3.69. The number of nitrogens with zero attached hydrogens (tertiary/aromatic N) is 1. The van der Waals surface area contributed by atoms with Gasteiger partial charge in [0.1, 0.15) is 18.2 Å². The summed E-state index contributed by atoms with van der Waals surface area (Å²) in [5.74, 6) is 0.0836. The second-order valence-electron chi connectivity index (χ2n) is 3.69. The van der Waals surface area contributed by atoms with E-state index >= 15 is 0 Å². The molecular formula is C11H13N3O3. The Morgan fingerprint density at radius 2 is 2.35 bits per heavy atom. The highest BCUT2D eigenvalue weighted by Gasteiger charge is 2.17. The first-order valence-electron chi connectivity index (χ1n) is 5.27. The molecule has 0 saturated heterocycles. The molecule has 1 aliphatic heterocycles. The number of anilines is 1. The van der Waals surface area contributed by atoms with Crippen LogP contribution in [0.15, 0.2) is 12.1 Å². The van der Waals surface area contributed by atoms with Crippen molar-refractivity contribution in [3.05, 3.63) is 23.4 Å². The van der Waals surface area contributed by atoms with E-state index in [0.717, 1.165) is 5.56 Å². The fraction of sp³-hybridized carbons (Fsp3) is 0.364. The summed E-state index contributed by atoms with van der Waals surface area (Å²) in [5.41, 5.74) is 1.22. The summed E-state index contributed by atoms with van der Waals surface area (Å²) in [6, 6.07) is 3.45. The fourth-order valence-corrected chi connectivity index (χ4v) is 1.60. The Kier molecular flexibility index (Phi) is 3.34. The first-order valence-corrected chi connectivity index (χ1v) is 5.27. The van der Waals surface area contributed by atoms with Crippen LogP contribution in [-0.2, 0) is 16.0 Å². The number of ether oxygens (including phenoxy) is 1. The summed E-state index contributed by atoms with van der Waals surface area (Å²) in [6.45, 7) is 0.129. The van der Waals surface area contributed by atoms with E-state index in [9.17, 15) is 9.59 Å². The third-order valence-electron chi connectivity index (χ3n) is 2.47. The highest BCUT2D eigenvalue weighted by Crippen LogP contribution is 2.20. The van der Waals surface area contributed by atoms with Crippen LogP contribution in [-0.4, -0.2) is 30.6 Å². The zero-order valence-corrected chi connectivity index (χ0v) is 9.45. The highest BCUT2D eigenvalue weighted by molar-refractivity contribution is 5.95. The molecule has 1 aliphatic rings. The lowest BCUT2D eigenvalue weighted by Gasteiger charge is -2.16. The zero-order valence-electron chi connectivity index (χ0n) is 9.45. The average molecular weight is 235 g/mol. The van der Waals surface area contributed by atoms with Crippen LogP contribution in [0.5, 0.6) is 0 Å². The minimum atomic E-state index is -0.325. The van der Waals surface area contributed by atoms with Crippen molar-refractivity contribution >= 4 is 17.6 Å². The number of aromatic nitrogens is 1. The van der Waals surface area contributed by atoms with E-state index in [1.165, 1.54) is 7.11 Å². The van der Waals surface area contributed by atoms with E-state index in [-0.39, 0.29) is 24.2 Å². The third kappa shape index (κ3) is 2.59. The van der Waals surface area contributed by atoms with E-state index < -0.39 is 0 Å². The fourth-order valence-electron chi connectivity index (χ4n) is 1.60. The van der Waals surface area contributed by atoms with Gasteiger partial charge in [-0.2, -0.15) is 0 Å². The molecule has 0 fully saturated rings. The number of carbonyl (C=O) groups excluding carboxylic acids is 2. The summed E-state index contributed by atoms with van der Waals surface area (Å²) < 4.78 is 4.73. The van der Waals surface area contributed by atoms with Crippen molar-refractivity contribution in [2.24, 2.45) is 0 Å². The molecule has 90 valence electrons. The molecule has 0 aromatic carbocycles. The third-order valence-corrected chi connectivity index (χ3v) is 2.47. The number of methoxy groups -OCH3 is 1. The van der Waals surface area contributed by atoms with Crippen LogP contribution in [0.4, 0.5) is 5.82 Å². The standard InChI is InChI=1S/C11H13N3O3/c1-17-6-12-11(16)8-4-2-7-3-5-9(15)14-10(7)13-8/h2,4H,3,5-6H2,1H3,(H,12,16)(H,13,14,15). The van der Waals surface area contributed by atoms with Crippen LogP contribution in [0.1, 0.15) is 22.5 Å². The van der Waals surface area contributed by atoms with Gasteiger partial charge >= 0.3 is 0 Å². The van der Waals surface area contributed by atoms with Crippen LogP contribution >= 0.6 is 0 Å². The quantitative estimate of drug-likeness (QED) is 0.738. The normalized spacial score (nSPS) is 13.8. The molecule has 0 aliphatic carbocycles. The number of hydrogen-bond acceptors (Lipinski definition) is 4. The van der Waals surface area contributed by atoms with E-state index in [1.54, 1.807) is 6.07 Å². The number of hydrogen-bond donors (Lipinski definition) is 2. The van der Waals surface area contributed by atoms with Crippen LogP contribution < -0.4 is 10.6 Å². The first kappa shape index (κ1) is 11.5. The lowest BCUT2D eigenvalue weighted by molar-refractivity contribution is -0.116. The molecule has 6 heteroatoms. The van der Waals surface area contributed by atoms with E-state index in [1.807, 2.05) is 6.07 Å². The van der Waals surface area contributed by atoms with Crippen molar-refractivity contribution in [3.8, 4) is 0 Å². The summed E-state index contributed by atoms with van der Waals surface area (Å²) in [7, 11) is 1.49. The SMILES string of the molecule is COCNC(=O)c1ccc2c(n1)NC(=O)CC2. The number of aryl methyl sites for hydroxylation is 1. The topological polar surface area (TPSA) is 80.3 Å². The van der Waals surface area contributed by atoms with Crippen molar-refractivity contribution in [1.82, 2.24) is 10.3 Å². The van der Waals surface area contributed by atoms with Crippen molar-refractivity contribution < 1.29 is 14.3 Å². The van der Waals surface area contributed by atoms with Crippen molar-refractivity contribution in [2.45, 2.75) is 12.8 Å². The predicted octanol–water partition coefficient (Wildman–Crippen LogP) is 0.300. The van der Waals surface area contributed by atoms with Gasteiger partial charge in [0.05, 0.1) is 0 Å². The van der Waals surface area contributed by atoms with Crippen LogP contribution in [0.25, 0.3) is 0 Å². The molecule has 0 bridgehead atoms. The van der Waals surface area contributed by atoms with E-state index in [0.29, 0.717) is 18.7 Å².